The van der Waals surface area contributed by atoms with Gasteiger partial charge >= 0.3 is 17.9 Å². The van der Waals surface area contributed by atoms with Gasteiger partial charge < -0.3 is 18.9 Å². The second-order valence-corrected chi connectivity index (χ2v) is 14.2. The van der Waals surface area contributed by atoms with Crippen LogP contribution in [0.4, 0.5) is 0 Å². The molecular formula is C34H40O8. The molecule has 2 aliphatic heterocycles. The van der Waals surface area contributed by atoms with Crippen molar-refractivity contribution in [1.82, 2.24) is 0 Å². The van der Waals surface area contributed by atoms with E-state index < -0.39 is 34.4 Å². The second-order valence-electron chi connectivity index (χ2n) is 14.2. The number of fused-ring (bicyclic) bond motifs is 3. The Morgan fingerprint density at radius 2 is 1.76 bits per heavy atom. The van der Waals surface area contributed by atoms with Gasteiger partial charge in [0.2, 0.25) is 0 Å². The summed E-state index contributed by atoms with van der Waals surface area (Å²) < 4.78 is 23.6. The number of methoxy groups -OCH3 is 1. The van der Waals surface area contributed by atoms with E-state index in [-0.39, 0.29) is 54.0 Å². The van der Waals surface area contributed by atoms with Crippen molar-refractivity contribution in [2.45, 2.75) is 85.0 Å². The van der Waals surface area contributed by atoms with Crippen LogP contribution in [0.1, 0.15) is 72.3 Å². The molecule has 0 N–H and O–H groups in total. The molecule has 0 amide bonds. The van der Waals surface area contributed by atoms with E-state index in [2.05, 4.69) is 6.92 Å². The Balaban J connectivity index is 1.33. The van der Waals surface area contributed by atoms with Crippen LogP contribution in [0, 0.1) is 34.0 Å². The Labute approximate surface area is 246 Å². The van der Waals surface area contributed by atoms with E-state index in [0.29, 0.717) is 12.2 Å². The summed E-state index contributed by atoms with van der Waals surface area (Å²) in [5.41, 5.74) is 0.970. The van der Waals surface area contributed by atoms with Crippen LogP contribution in [0.5, 0.6) is 5.75 Å². The number of esters is 3. The first-order valence-electron chi connectivity index (χ1n) is 14.9. The molecule has 2 saturated heterocycles. The highest BCUT2D eigenvalue weighted by Crippen LogP contribution is 2.65. The first kappa shape index (κ1) is 28.8. The Morgan fingerprint density at radius 3 is 2.40 bits per heavy atom. The molecule has 6 rings (SSSR count). The lowest BCUT2D eigenvalue weighted by Crippen LogP contribution is -2.65. The summed E-state index contributed by atoms with van der Waals surface area (Å²) in [6, 6.07) is 7.65. The Morgan fingerprint density at radius 1 is 1.07 bits per heavy atom. The van der Waals surface area contributed by atoms with Crippen molar-refractivity contribution in [3.05, 3.63) is 53.1 Å². The lowest BCUT2D eigenvalue weighted by molar-refractivity contribution is -0.204. The number of ether oxygens (including phenoxy) is 4. The number of hydrogen-bond acceptors (Lipinski definition) is 8. The molecule has 1 aromatic carbocycles. The molecule has 5 aliphatic rings. The van der Waals surface area contributed by atoms with Crippen molar-refractivity contribution in [2.75, 3.05) is 7.11 Å². The summed E-state index contributed by atoms with van der Waals surface area (Å²) >= 11 is 0. The third-order valence-electron chi connectivity index (χ3n) is 10.8. The molecule has 0 aromatic heterocycles. The van der Waals surface area contributed by atoms with Crippen LogP contribution >= 0.6 is 0 Å². The predicted octanol–water partition coefficient (Wildman–Crippen LogP) is 5.10. The second kappa shape index (κ2) is 9.63. The minimum atomic E-state index is -0.974. The molecule has 0 radical (unpaired) electrons. The van der Waals surface area contributed by atoms with Gasteiger partial charge in [-0.15, -0.1) is 0 Å². The van der Waals surface area contributed by atoms with Gasteiger partial charge in [-0.05, 0) is 88.6 Å². The normalized spacial score (nSPS) is 38.4. The highest BCUT2D eigenvalue weighted by molar-refractivity contribution is 6.00. The summed E-state index contributed by atoms with van der Waals surface area (Å²) in [7, 11) is 1.36. The van der Waals surface area contributed by atoms with E-state index >= 15 is 0 Å². The summed E-state index contributed by atoms with van der Waals surface area (Å²) in [5.74, 6) is -1.48. The number of hydrogen-bond donors (Lipinski definition) is 0. The molecule has 2 heterocycles. The van der Waals surface area contributed by atoms with E-state index in [0.717, 1.165) is 12.0 Å². The van der Waals surface area contributed by atoms with Crippen LogP contribution in [0.3, 0.4) is 0 Å². The molecule has 8 heteroatoms. The zero-order chi connectivity index (χ0) is 30.4. The van der Waals surface area contributed by atoms with Crippen LogP contribution < -0.4 is 4.74 Å². The Hall–Kier alpha value is -3.26. The topological polar surface area (TPSA) is 105 Å². The van der Waals surface area contributed by atoms with Gasteiger partial charge in [-0.2, -0.15) is 0 Å². The van der Waals surface area contributed by atoms with Gasteiger partial charge in [0, 0.05) is 23.7 Å². The average molecular weight is 577 g/mol. The Kier molecular flexibility index (Phi) is 6.61. The van der Waals surface area contributed by atoms with E-state index in [1.165, 1.54) is 24.3 Å². The number of benzene rings is 1. The average Bonchev–Trinajstić information content (AvgIpc) is 3.41. The smallest absolute Gasteiger partial charge is 0.316 e. The van der Waals surface area contributed by atoms with Crippen LogP contribution in [-0.4, -0.2) is 49.1 Å². The van der Waals surface area contributed by atoms with Crippen LogP contribution in [0.2, 0.25) is 0 Å². The standard InChI is InChI=1S/C34H40O8/c1-17-20(18-8-10-19(11-9-18)40-30(37)32(2,3)4)15-24-21(17)14-22-23(16-26(36)39-7)34(6)25(35)12-13-33(5)29(34)28(27(22)41-24)42-31(33)38/h8-13,20,22-24,27-29H,14-16H2,1-7H3/t20-,22+,23+,24+,27+,28+,29+,33-,34+/m1/s1. The minimum Gasteiger partial charge on any atom is -0.469 e. The number of rotatable bonds is 4. The van der Waals surface area contributed by atoms with E-state index in [1.807, 2.05) is 58.9 Å². The molecular weight excluding hydrogens is 536 g/mol. The number of carbonyl (C=O) groups is 4. The van der Waals surface area contributed by atoms with E-state index in [1.54, 1.807) is 6.08 Å². The summed E-state index contributed by atoms with van der Waals surface area (Å²) in [6.45, 7) is 11.3. The van der Waals surface area contributed by atoms with Crippen LogP contribution in [0.25, 0.3) is 0 Å². The molecule has 9 atom stereocenters. The largest absolute Gasteiger partial charge is 0.469 e. The molecule has 0 spiro atoms. The fourth-order valence-corrected chi connectivity index (χ4v) is 8.45. The first-order chi connectivity index (χ1) is 19.7. The van der Waals surface area contributed by atoms with Gasteiger partial charge in [0.25, 0.3) is 0 Å². The molecule has 42 heavy (non-hydrogen) atoms. The molecule has 3 fully saturated rings. The molecule has 0 bridgehead atoms. The predicted molar refractivity (Wildman–Crippen MR) is 152 cm³/mol. The number of ketones is 1. The van der Waals surface area contributed by atoms with Gasteiger partial charge in [-0.25, -0.2) is 0 Å². The molecule has 1 saturated carbocycles. The van der Waals surface area contributed by atoms with Crippen molar-refractivity contribution in [3.63, 3.8) is 0 Å². The quantitative estimate of drug-likeness (QED) is 0.277. The minimum absolute atomic E-state index is 0.0692. The summed E-state index contributed by atoms with van der Waals surface area (Å²) in [6.07, 6.45) is 3.51. The van der Waals surface area contributed by atoms with E-state index in [9.17, 15) is 19.2 Å². The van der Waals surface area contributed by atoms with Crippen molar-refractivity contribution in [2.24, 2.45) is 34.0 Å². The van der Waals surface area contributed by atoms with Gasteiger partial charge in [-0.3, -0.25) is 19.2 Å². The third-order valence-corrected chi connectivity index (χ3v) is 10.8. The monoisotopic (exact) mass is 576 g/mol. The van der Waals surface area contributed by atoms with Gasteiger partial charge in [0.05, 0.1) is 30.1 Å². The van der Waals surface area contributed by atoms with Crippen LogP contribution in [-0.2, 0) is 33.4 Å². The van der Waals surface area contributed by atoms with Crippen molar-refractivity contribution in [3.8, 4) is 5.75 Å². The first-order valence-corrected chi connectivity index (χ1v) is 14.9. The van der Waals surface area contributed by atoms with Crippen LogP contribution in [0.15, 0.2) is 47.6 Å². The third kappa shape index (κ3) is 4.12. The Bertz CT molecular complexity index is 1410. The molecule has 3 aliphatic carbocycles. The highest BCUT2D eigenvalue weighted by atomic mass is 16.6. The maximum Gasteiger partial charge on any atom is 0.316 e. The molecule has 1 aromatic rings. The summed E-state index contributed by atoms with van der Waals surface area (Å²) in [4.78, 5) is 52.0. The zero-order valence-corrected chi connectivity index (χ0v) is 25.4. The zero-order valence-electron chi connectivity index (χ0n) is 25.4. The number of carbonyl (C=O) groups excluding carboxylic acids is 4. The fraction of sp³-hybridized carbons (Fsp3) is 0.588. The molecule has 224 valence electrons. The van der Waals surface area contributed by atoms with E-state index in [4.69, 9.17) is 18.9 Å². The van der Waals surface area contributed by atoms with Gasteiger partial charge in [0.15, 0.2) is 5.78 Å². The van der Waals surface area contributed by atoms with Crippen molar-refractivity contribution >= 4 is 23.7 Å². The lowest BCUT2D eigenvalue weighted by atomic mass is 9.45. The van der Waals surface area contributed by atoms with Crippen molar-refractivity contribution in [1.29, 1.82) is 0 Å². The van der Waals surface area contributed by atoms with Gasteiger partial charge in [0.1, 0.15) is 11.9 Å². The molecule has 8 nitrogen and oxygen atoms in total. The highest BCUT2D eigenvalue weighted by Gasteiger charge is 2.73. The fourth-order valence-electron chi connectivity index (χ4n) is 8.45. The van der Waals surface area contributed by atoms with Gasteiger partial charge in [-0.1, -0.05) is 30.7 Å². The number of allylic oxidation sites excluding steroid dienone is 2. The lowest BCUT2D eigenvalue weighted by Gasteiger charge is -2.58. The van der Waals surface area contributed by atoms with Crippen molar-refractivity contribution < 1.29 is 38.1 Å². The SMILES string of the molecule is COC(=O)C[C@H]1[C@@H]2CC3=C(C)[C@H](c4ccc(OC(=O)C(C)(C)C)cc4)C[C@@H]3O[C@@H]2[C@@H]2OC(=O)[C@]3(C)C=CC(=O)[C@@]1(C)[C@@H]23. The maximum atomic E-state index is 13.7. The summed E-state index contributed by atoms with van der Waals surface area (Å²) in [5, 5.41) is 0. The molecule has 0 unspecified atom stereocenters. The maximum absolute atomic E-state index is 13.7.